The number of hydrogen-bond donors (Lipinski definition) is 2. The molecule has 2 rings (SSSR count). The van der Waals surface area contributed by atoms with E-state index in [1.54, 1.807) is 4.90 Å². The first-order valence-electron chi connectivity index (χ1n) is 7.05. The molecule has 1 atom stereocenters. The van der Waals surface area contributed by atoms with Crippen molar-refractivity contribution in [2.45, 2.75) is 31.7 Å². The number of rotatable bonds is 3. The summed E-state index contributed by atoms with van der Waals surface area (Å²) in [6, 6.07) is 5.27. The minimum atomic E-state index is -0.484. The number of carbonyl (C=O) groups excluding carboxylic acids is 1. The van der Waals surface area contributed by atoms with Gasteiger partial charge in [-0.1, -0.05) is 12.8 Å². The van der Waals surface area contributed by atoms with Crippen molar-refractivity contribution in [3.63, 3.8) is 0 Å². The second kappa shape index (κ2) is 7.03. The summed E-state index contributed by atoms with van der Waals surface area (Å²) in [5.41, 5.74) is 0.488. The Morgan fingerprint density at radius 1 is 1.33 bits per heavy atom. The second-order valence-electron chi connectivity index (χ2n) is 5.11. The molecule has 1 unspecified atom stereocenters. The molecule has 0 aromatic heterocycles. The largest absolute Gasteiger partial charge is 0.394 e. The number of aliphatic hydroxyl groups is 1. The summed E-state index contributed by atoms with van der Waals surface area (Å²) in [6.07, 6.45) is 3.78. The van der Waals surface area contributed by atoms with Crippen LogP contribution in [-0.2, 0) is 0 Å². The highest BCUT2D eigenvalue weighted by atomic mass is 16.6. The first-order chi connectivity index (χ1) is 10.1. The Hall–Kier alpha value is -2.15. The van der Waals surface area contributed by atoms with E-state index in [1.807, 2.05) is 0 Å². The number of aliphatic hydroxyl groups excluding tert-OH is 1. The van der Waals surface area contributed by atoms with Crippen molar-refractivity contribution >= 4 is 17.4 Å². The number of anilines is 1. The minimum absolute atomic E-state index is 0.0176. The molecule has 1 fully saturated rings. The van der Waals surface area contributed by atoms with Gasteiger partial charge in [-0.25, -0.2) is 4.79 Å². The van der Waals surface area contributed by atoms with Crippen molar-refractivity contribution < 1.29 is 14.8 Å². The van der Waals surface area contributed by atoms with E-state index in [0.29, 0.717) is 12.2 Å². The summed E-state index contributed by atoms with van der Waals surface area (Å²) in [6.45, 7) is 0.567. The van der Waals surface area contributed by atoms with E-state index in [2.05, 4.69) is 5.32 Å². The van der Waals surface area contributed by atoms with Crippen molar-refractivity contribution in [3.8, 4) is 0 Å². The SMILES string of the molecule is O=C(Nc1ccc([N+](=O)[O-])cc1)N1CCCCCC1CO. The minimum Gasteiger partial charge on any atom is -0.394 e. The van der Waals surface area contributed by atoms with Crippen LogP contribution in [0.2, 0.25) is 0 Å². The third-order valence-corrected chi connectivity index (χ3v) is 3.68. The monoisotopic (exact) mass is 293 g/mol. The van der Waals surface area contributed by atoms with Gasteiger partial charge in [0, 0.05) is 24.4 Å². The van der Waals surface area contributed by atoms with Gasteiger partial charge < -0.3 is 15.3 Å². The number of non-ortho nitro benzene ring substituents is 1. The summed E-state index contributed by atoms with van der Waals surface area (Å²) >= 11 is 0. The Bertz CT molecular complexity index is 503. The molecule has 1 heterocycles. The van der Waals surface area contributed by atoms with Crippen LogP contribution in [-0.4, -0.2) is 40.2 Å². The Morgan fingerprint density at radius 3 is 2.67 bits per heavy atom. The van der Waals surface area contributed by atoms with Gasteiger partial charge in [0.15, 0.2) is 0 Å². The fourth-order valence-corrected chi connectivity index (χ4v) is 2.50. The van der Waals surface area contributed by atoms with E-state index >= 15 is 0 Å². The zero-order chi connectivity index (χ0) is 15.2. The highest BCUT2D eigenvalue weighted by Crippen LogP contribution is 2.19. The van der Waals surface area contributed by atoms with Gasteiger partial charge in [-0.05, 0) is 25.0 Å². The fourth-order valence-electron chi connectivity index (χ4n) is 2.50. The van der Waals surface area contributed by atoms with Gasteiger partial charge in [0.2, 0.25) is 0 Å². The lowest BCUT2D eigenvalue weighted by Gasteiger charge is -2.28. The molecule has 2 amide bonds. The van der Waals surface area contributed by atoms with Crippen LogP contribution < -0.4 is 5.32 Å². The van der Waals surface area contributed by atoms with Crippen LogP contribution in [0.25, 0.3) is 0 Å². The topological polar surface area (TPSA) is 95.7 Å². The van der Waals surface area contributed by atoms with Gasteiger partial charge in [-0.2, -0.15) is 0 Å². The highest BCUT2D eigenvalue weighted by Gasteiger charge is 2.24. The number of nitro benzene ring substituents is 1. The van der Waals surface area contributed by atoms with Crippen molar-refractivity contribution in [2.24, 2.45) is 0 Å². The molecule has 114 valence electrons. The second-order valence-corrected chi connectivity index (χ2v) is 5.11. The summed E-state index contributed by atoms with van der Waals surface area (Å²) in [4.78, 5) is 24.0. The van der Waals surface area contributed by atoms with E-state index < -0.39 is 4.92 Å². The number of nitrogens with zero attached hydrogens (tertiary/aromatic N) is 2. The molecule has 1 saturated heterocycles. The third-order valence-electron chi connectivity index (χ3n) is 3.68. The lowest BCUT2D eigenvalue weighted by Crippen LogP contribution is -2.44. The van der Waals surface area contributed by atoms with Crippen LogP contribution in [0, 0.1) is 10.1 Å². The fraction of sp³-hybridized carbons (Fsp3) is 0.500. The van der Waals surface area contributed by atoms with Crippen molar-refractivity contribution in [3.05, 3.63) is 34.4 Å². The molecule has 7 heteroatoms. The summed E-state index contributed by atoms with van der Waals surface area (Å²) in [7, 11) is 0. The molecule has 1 aromatic rings. The van der Waals surface area contributed by atoms with Crippen molar-refractivity contribution in [1.29, 1.82) is 0 Å². The Balaban J connectivity index is 2.03. The molecular weight excluding hydrogens is 274 g/mol. The van der Waals surface area contributed by atoms with Crippen molar-refractivity contribution in [1.82, 2.24) is 4.90 Å². The molecule has 0 aliphatic carbocycles. The number of nitro groups is 1. The van der Waals surface area contributed by atoms with Gasteiger partial charge in [0.05, 0.1) is 17.6 Å². The highest BCUT2D eigenvalue weighted by molar-refractivity contribution is 5.89. The number of hydrogen-bond acceptors (Lipinski definition) is 4. The lowest BCUT2D eigenvalue weighted by atomic mass is 10.1. The van der Waals surface area contributed by atoms with Crippen LogP contribution in [0.15, 0.2) is 24.3 Å². The molecule has 1 aliphatic heterocycles. The predicted octanol–water partition coefficient (Wildman–Crippen LogP) is 2.36. The standard InChI is InChI=1S/C14H19N3O4/c18-10-13-4-2-1-3-9-16(13)14(19)15-11-5-7-12(8-6-11)17(20)21/h5-8,13,18H,1-4,9-10H2,(H,15,19). The van der Waals surface area contributed by atoms with E-state index in [-0.39, 0.29) is 24.4 Å². The molecule has 21 heavy (non-hydrogen) atoms. The molecular formula is C14H19N3O4. The van der Waals surface area contributed by atoms with Crippen LogP contribution in [0.5, 0.6) is 0 Å². The van der Waals surface area contributed by atoms with Gasteiger partial charge >= 0.3 is 6.03 Å². The Kier molecular flexibility index (Phi) is 5.10. The maximum Gasteiger partial charge on any atom is 0.322 e. The number of carbonyl (C=O) groups is 1. The van der Waals surface area contributed by atoms with Gasteiger partial charge in [-0.3, -0.25) is 10.1 Å². The van der Waals surface area contributed by atoms with E-state index in [4.69, 9.17) is 0 Å². The average molecular weight is 293 g/mol. The maximum atomic E-state index is 12.3. The Labute approximate surface area is 122 Å². The molecule has 1 aliphatic rings. The summed E-state index contributed by atoms with van der Waals surface area (Å²) < 4.78 is 0. The number of benzene rings is 1. The molecule has 0 radical (unpaired) electrons. The molecule has 0 bridgehead atoms. The molecule has 0 saturated carbocycles. The van der Waals surface area contributed by atoms with E-state index in [9.17, 15) is 20.0 Å². The zero-order valence-electron chi connectivity index (χ0n) is 11.7. The molecule has 1 aromatic carbocycles. The average Bonchev–Trinajstić information content (AvgIpc) is 2.72. The first-order valence-corrected chi connectivity index (χ1v) is 7.05. The van der Waals surface area contributed by atoms with Gasteiger partial charge in [-0.15, -0.1) is 0 Å². The molecule has 2 N–H and O–H groups in total. The normalized spacial score (nSPS) is 18.9. The predicted molar refractivity (Wildman–Crippen MR) is 78.2 cm³/mol. The maximum absolute atomic E-state index is 12.3. The lowest BCUT2D eigenvalue weighted by molar-refractivity contribution is -0.384. The van der Waals surface area contributed by atoms with Crippen LogP contribution in [0.1, 0.15) is 25.7 Å². The zero-order valence-corrected chi connectivity index (χ0v) is 11.7. The van der Waals surface area contributed by atoms with E-state index in [1.165, 1.54) is 24.3 Å². The Morgan fingerprint density at radius 2 is 2.05 bits per heavy atom. The molecule has 0 spiro atoms. The number of urea groups is 1. The smallest absolute Gasteiger partial charge is 0.322 e. The van der Waals surface area contributed by atoms with Crippen molar-refractivity contribution in [2.75, 3.05) is 18.5 Å². The van der Waals surface area contributed by atoms with Gasteiger partial charge in [0.1, 0.15) is 0 Å². The summed E-state index contributed by atoms with van der Waals surface area (Å²) in [5.74, 6) is 0. The number of nitrogens with one attached hydrogen (secondary N) is 1. The van der Waals surface area contributed by atoms with Crippen LogP contribution in [0.4, 0.5) is 16.2 Å². The first kappa shape index (κ1) is 15.2. The van der Waals surface area contributed by atoms with Gasteiger partial charge in [0.25, 0.3) is 5.69 Å². The van der Waals surface area contributed by atoms with Crippen LogP contribution >= 0.6 is 0 Å². The summed E-state index contributed by atoms with van der Waals surface area (Å²) in [5, 5.41) is 22.7. The number of likely N-dealkylation sites (tertiary alicyclic amines) is 1. The third kappa shape index (κ3) is 3.91. The number of amides is 2. The van der Waals surface area contributed by atoms with Crippen LogP contribution in [0.3, 0.4) is 0 Å². The molecule has 7 nitrogen and oxygen atoms in total. The quantitative estimate of drug-likeness (QED) is 0.660. The van der Waals surface area contributed by atoms with E-state index in [0.717, 1.165) is 25.7 Å².